The van der Waals surface area contributed by atoms with Crippen LogP contribution >= 0.6 is 11.8 Å². The Kier molecular flexibility index (Phi) is 4.19. The number of imide groups is 1. The number of fused-ring (bicyclic) bond motifs is 1. The Bertz CT molecular complexity index is 863. The predicted molar refractivity (Wildman–Crippen MR) is 95.4 cm³/mol. The summed E-state index contributed by atoms with van der Waals surface area (Å²) in [6.07, 6.45) is 2.37. The van der Waals surface area contributed by atoms with Gasteiger partial charge in [-0.1, -0.05) is 36.4 Å². The molecule has 0 N–H and O–H groups in total. The minimum absolute atomic E-state index is 0.203. The molecule has 2 amide bonds. The van der Waals surface area contributed by atoms with E-state index >= 15 is 0 Å². The van der Waals surface area contributed by atoms with Gasteiger partial charge < -0.3 is 9.47 Å². The molecule has 1 saturated heterocycles. The molecule has 0 spiro atoms. The van der Waals surface area contributed by atoms with Crippen molar-refractivity contribution in [1.29, 1.82) is 0 Å². The largest absolute Gasteiger partial charge is 0.454 e. The van der Waals surface area contributed by atoms with Crippen molar-refractivity contribution in [3.8, 4) is 11.5 Å². The van der Waals surface area contributed by atoms with E-state index in [1.54, 1.807) is 18.2 Å². The van der Waals surface area contributed by atoms with Gasteiger partial charge in [0, 0.05) is 6.54 Å². The summed E-state index contributed by atoms with van der Waals surface area (Å²) in [6.45, 7) is 0.585. The van der Waals surface area contributed by atoms with Gasteiger partial charge in [-0.05, 0) is 47.5 Å². The molecule has 5 nitrogen and oxygen atoms in total. The molecule has 2 aliphatic heterocycles. The number of nitrogens with zero attached hydrogens (tertiary/aromatic N) is 1. The van der Waals surface area contributed by atoms with Crippen LogP contribution in [0.4, 0.5) is 4.79 Å². The van der Waals surface area contributed by atoms with Gasteiger partial charge in [0.15, 0.2) is 11.5 Å². The summed E-state index contributed by atoms with van der Waals surface area (Å²) in [5, 5.41) is -0.229. The van der Waals surface area contributed by atoms with Gasteiger partial charge in [0.2, 0.25) is 6.79 Å². The first-order valence-corrected chi connectivity index (χ1v) is 8.71. The number of hydrogen-bond donors (Lipinski definition) is 0. The van der Waals surface area contributed by atoms with Crippen molar-refractivity contribution < 1.29 is 19.1 Å². The summed E-state index contributed by atoms with van der Waals surface area (Å²) in [5.41, 5.74) is 1.90. The van der Waals surface area contributed by atoms with Crippen LogP contribution in [0.1, 0.15) is 11.1 Å². The molecule has 2 aliphatic rings. The highest BCUT2D eigenvalue weighted by atomic mass is 32.2. The predicted octanol–water partition coefficient (Wildman–Crippen LogP) is 3.69. The molecule has 6 heteroatoms. The maximum absolute atomic E-state index is 12.5. The molecular formula is C19H15NO4S. The highest BCUT2D eigenvalue weighted by Crippen LogP contribution is 2.36. The summed E-state index contributed by atoms with van der Waals surface area (Å²) < 4.78 is 10.6. The Morgan fingerprint density at radius 2 is 1.84 bits per heavy atom. The molecule has 1 fully saturated rings. The molecule has 0 atom stereocenters. The zero-order valence-electron chi connectivity index (χ0n) is 13.3. The number of thioether (sulfide) groups is 1. The lowest BCUT2D eigenvalue weighted by molar-refractivity contribution is -0.122. The number of carbonyl (C=O) groups excluding carboxylic acids is 2. The van der Waals surface area contributed by atoms with E-state index < -0.39 is 0 Å². The zero-order valence-corrected chi connectivity index (χ0v) is 14.1. The minimum atomic E-state index is -0.247. The van der Waals surface area contributed by atoms with Crippen molar-refractivity contribution >= 4 is 29.0 Å². The third-order valence-corrected chi connectivity index (χ3v) is 4.94. The van der Waals surface area contributed by atoms with Gasteiger partial charge in [-0.3, -0.25) is 14.5 Å². The van der Waals surface area contributed by atoms with E-state index in [2.05, 4.69) is 0 Å². The van der Waals surface area contributed by atoms with Crippen molar-refractivity contribution in [2.24, 2.45) is 0 Å². The monoisotopic (exact) mass is 353 g/mol. The highest BCUT2D eigenvalue weighted by molar-refractivity contribution is 8.18. The van der Waals surface area contributed by atoms with Crippen LogP contribution in [-0.2, 0) is 11.2 Å². The third-order valence-electron chi connectivity index (χ3n) is 4.03. The van der Waals surface area contributed by atoms with E-state index in [4.69, 9.17) is 9.47 Å². The number of benzene rings is 2. The Morgan fingerprint density at radius 3 is 2.68 bits per heavy atom. The molecule has 0 saturated carbocycles. The maximum atomic E-state index is 12.5. The van der Waals surface area contributed by atoms with Crippen molar-refractivity contribution in [3.63, 3.8) is 0 Å². The van der Waals surface area contributed by atoms with E-state index in [1.807, 2.05) is 36.4 Å². The van der Waals surface area contributed by atoms with Gasteiger partial charge in [0.1, 0.15) is 0 Å². The average Bonchev–Trinajstić information content (AvgIpc) is 3.19. The fourth-order valence-electron chi connectivity index (χ4n) is 2.73. The van der Waals surface area contributed by atoms with Crippen molar-refractivity contribution in [2.45, 2.75) is 6.42 Å². The lowest BCUT2D eigenvalue weighted by Gasteiger charge is -2.12. The molecule has 4 rings (SSSR count). The summed E-state index contributed by atoms with van der Waals surface area (Å²) in [7, 11) is 0. The summed E-state index contributed by atoms with van der Waals surface area (Å²) in [4.78, 5) is 26.4. The van der Waals surface area contributed by atoms with Crippen LogP contribution in [0.25, 0.3) is 6.08 Å². The van der Waals surface area contributed by atoms with Gasteiger partial charge in [0.05, 0.1) is 4.91 Å². The summed E-state index contributed by atoms with van der Waals surface area (Å²) in [6, 6.07) is 15.3. The summed E-state index contributed by atoms with van der Waals surface area (Å²) in [5.74, 6) is 1.09. The SMILES string of the molecule is O=C1S/C(=C\c2ccc3c(c2)OCO3)C(=O)N1CCc1ccccc1. The molecule has 126 valence electrons. The Hall–Kier alpha value is -2.73. The number of ether oxygens (including phenoxy) is 2. The second kappa shape index (κ2) is 6.64. The van der Waals surface area contributed by atoms with Crippen molar-refractivity contribution in [3.05, 3.63) is 64.6 Å². The topological polar surface area (TPSA) is 55.8 Å². The standard InChI is InChI=1S/C19H15NO4S/c21-18-17(11-14-6-7-15-16(10-14)24-12-23-15)25-19(22)20(18)9-8-13-4-2-1-3-5-13/h1-7,10-11H,8-9,12H2/b17-11-. The third kappa shape index (κ3) is 3.25. The van der Waals surface area contributed by atoms with E-state index in [1.165, 1.54) is 4.90 Å². The Morgan fingerprint density at radius 1 is 1.04 bits per heavy atom. The Labute approximate surface area is 149 Å². The molecule has 0 radical (unpaired) electrons. The lowest BCUT2D eigenvalue weighted by atomic mass is 10.1. The first-order valence-electron chi connectivity index (χ1n) is 7.90. The molecule has 25 heavy (non-hydrogen) atoms. The van der Waals surface area contributed by atoms with E-state index in [-0.39, 0.29) is 17.9 Å². The van der Waals surface area contributed by atoms with Crippen LogP contribution in [0.2, 0.25) is 0 Å². The van der Waals surface area contributed by atoms with E-state index in [0.717, 1.165) is 22.9 Å². The average molecular weight is 353 g/mol. The summed E-state index contributed by atoms with van der Waals surface area (Å²) >= 11 is 0.972. The van der Waals surface area contributed by atoms with E-state index in [9.17, 15) is 9.59 Å². The molecule has 0 aliphatic carbocycles. The van der Waals surface area contributed by atoms with Crippen LogP contribution < -0.4 is 9.47 Å². The first kappa shape index (κ1) is 15.8. The molecule has 2 aromatic carbocycles. The number of rotatable bonds is 4. The molecule has 0 aromatic heterocycles. The fraction of sp³-hybridized carbons (Fsp3) is 0.158. The number of hydrogen-bond acceptors (Lipinski definition) is 5. The van der Waals surface area contributed by atoms with Gasteiger partial charge in [-0.25, -0.2) is 0 Å². The van der Waals surface area contributed by atoms with Gasteiger partial charge >= 0.3 is 0 Å². The van der Waals surface area contributed by atoms with Gasteiger partial charge in [-0.2, -0.15) is 0 Å². The van der Waals surface area contributed by atoms with Gasteiger partial charge in [-0.15, -0.1) is 0 Å². The van der Waals surface area contributed by atoms with Crippen molar-refractivity contribution in [2.75, 3.05) is 13.3 Å². The molecule has 0 unspecified atom stereocenters. The smallest absolute Gasteiger partial charge is 0.293 e. The van der Waals surface area contributed by atoms with Crippen LogP contribution in [0.5, 0.6) is 11.5 Å². The molecule has 0 bridgehead atoms. The molecule has 2 aromatic rings. The maximum Gasteiger partial charge on any atom is 0.293 e. The lowest BCUT2D eigenvalue weighted by Crippen LogP contribution is -2.30. The normalized spacial score (nSPS) is 17.6. The molecule has 2 heterocycles. The quantitative estimate of drug-likeness (QED) is 0.785. The van der Waals surface area contributed by atoms with Crippen LogP contribution in [0.3, 0.4) is 0 Å². The number of carbonyl (C=O) groups is 2. The Balaban J connectivity index is 1.49. The van der Waals surface area contributed by atoms with Crippen LogP contribution in [-0.4, -0.2) is 29.4 Å². The fourth-order valence-corrected chi connectivity index (χ4v) is 3.60. The number of amides is 2. The second-order valence-electron chi connectivity index (χ2n) is 5.68. The van der Waals surface area contributed by atoms with Crippen LogP contribution in [0, 0.1) is 0 Å². The minimum Gasteiger partial charge on any atom is -0.454 e. The van der Waals surface area contributed by atoms with Gasteiger partial charge in [0.25, 0.3) is 11.1 Å². The molecular weight excluding hydrogens is 338 g/mol. The van der Waals surface area contributed by atoms with E-state index in [0.29, 0.717) is 29.4 Å². The van der Waals surface area contributed by atoms with Crippen molar-refractivity contribution in [1.82, 2.24) is 4.90 Å². The second-order valence-corrected chi connectivity index (χ2v) is 6.67. The highest BCUT2D eigenvalue weighted by Gasteiger charge is 2.34. The van der Waals surface area contributed by atoms with Crippen LogP contribution in [0.15, 0.2) is 53.4 Å². The zero-order chi connectivity index (χ0) is 17.2. The first-order chi connectivity index (χ1) is 12.2.